The quantitative estimate of drug-likeness (QED) is 0.881. The van der Waals surface area contributed by atoms with Crippen LogP contribution in [0.3, 0.4) is 0 Å². The molecule has 0 bridgehead atoms. The topological polar surface area (TPSA) is 55.5 Å². The van der Waals surface area contributed by atoms with Crippen LogP contribution in [0.15, 0.2) is 35.0 Å². The van der Waals surface area contributed by atoms with Crippen molar-refractivity contribution in [2.45, 2.75) is 26.6 Å². The zero-order chi connectivity index (χ0) is 12.3. The van der Waals surface area contributed by atoms with Gasteiger partial charge in [0, 0.05) is 6.07 Å². The Bertz CT molecular complexity index is 477. The summed E-state index contributed by atoms with van der Waals surface area (Å²) in [5.74, 6) is 1.47. The van der Waals surface area contributed by atoms with Gasteiger partial charge in [-0.1, -0.05) is 11.2 Å². The molecule has 0 saturated carbocycles. The summed E-state index contributed by atoms with van der Waals surface area (Å²) in [5, 5.41) is 13.1. The average molecular weight is 233 g/mol. The summed E-state index contributed by atoms with van der Waals surface area (Å²) >= 11 is 0. The molecule has 0 saturated heterocycles. The van der Waals surface area contributed by atoms with E-state index in [0.29, 0.717) is 12.4 Å². The van der Waals surface area contributed by atoms with Crippen LogP contribution in [0.2, 0.25) is 0 Å². The summed E-state index contributed by atoms with van der Waals surface area (Å²) in [6.45, 7) is 4.04. The molecule has 1 atom stereocenters. The minimum atomic E-state index is -0.461. The van der Waals surface area contributed by atoms with Crippen molar-refractivity contribution in [1.29, 1.82) is 0 Å². The Kier molecular flexibility index (Phi) is 3.44. The Balaban J connectivity index is 2.06. The Morgan fingerprint density at radius 3 is 2.82 bits per heavy atom. The van der Waals surface area contributed by atoms with Crippen LogP contribution >= 0.6 is 0 Å². The maximum absolute atomic E-state index is 9.46. The molecule has 1 unspecified atom stereocenters. The second kappa shape index (κ2) is 5.01. The molecule has 0 spiro atoms. The molecule has 1 N–H and O–H groups in total. The number of hydrogen-bond donors (Lipinski definition) is 1. The van der Waals surface area contributed by atoms with E-state index in [-0.39, 0.29) is 0 Å². The summed E-state index contributed by atoms with van der Waals surface area (Å²) in [4.78, 5) is 0. The molecule has 0 aliphatic rings. The maximum Gasteiger partial charge on any atom is 0.174 e. The summed E-state index contributed by atoms with van der Waals surface area (Å²) in [6, 6.07) is 7.39. The van der Waals surface area contributed by atoms with Crippen molar-refractivity contribution >= 4 is 0 Å². The van der Waals surface area contributed by atoms with Gasteiger partial charge in [0.15, 0.2) is 5.76 Å². The van der Waals surface area contributed by atoms with E-state index in [1.807, 2.05) is 25.1 Å². The monoisotopic (exact) mass is 233 g/mol. The fourth-order valence-electron chi connectivity index (χ4n) is 1.56. The molecule has 2 aromatic rings. The number of ether oxygens (including phenoxy) is 1. The predicted octanol–water partition coefficient (Wildman–Crippen LogP) is 2.62. The first-order chi connectivity index (χ1) is 8.16. The highest BCUT2D eigenvalue weighted by atomic mass is 16.5. The van der Waals surface area contributed by atoms with Gasteiger partial charge < -0.3 is 14.4 Å². The van der Waals surface area contributed by atoms with Gasteiger partial charge in [-0.05, 0) is 37.1 Å². The highest BCUT2D eigenvalue weighted by molar-refractivity contribution is 5.36. The molecule has 2 rings (SSSR count). The Labute approximate surface area is 99.8 Å². The standard InChI is InChI=1S/C13H15NO3/c1-9-7-11(10(2)15)3-4-13(9)16-8-12-5-6-14-17-12/h3-7,10,15H,8H2,1-2H3. The Morgan fingerprint density at radius 2 is 2.24 bits per heavy atom. The smallest absolute Gasteiger partial charge is 0.174 e. The molecule has 0 fully saturated rings. The zero-order valence-electron chi connectivity index (χ0n) is 9.88. The summed E-state index contributed by atoms with van der Waals surface area (Å²) in [5.41, 5.74) is 1.87. The summed E-state index contributed by atoms with van der Waals surface area (Å²) in [6.07, 6.45) is 1.12. The van der Waals surface area contributed by atoms with Crippen LogP contribution in [0.5, 0.6) is 5.75 Å². The molecular formula is C13H15NO3. The average Bonchev–Trinajstić information content (AvgIpc) is 2.80. The lowest BCUT2D eigenvalue weighted by molar-refractivity contribution is 0.199. The lowest BCUT2D eigenvalue weighted by atomic mass is 10.1. The first kappa shape index (κ1) is 11.7. The molecule has 1 aromatic carbocycles. The lowest BCUT2D eigenvalue weighted by Gasteiger charge is -2.10. The van der Waals surface area contributed by atoms with Gasteiger partial charge in [0.25, 0.3) is 0 Å². The largest absolute Gasteiger partial charge is 0.485 e. The zero-order valence-corrected chi connectivity index (χ0v) is 9.88. The van der Waals surface area contributed by atoms with Crippen LogP contribution in [-0.2, 0) is 6.61 Å². The molecule has 1 heterocycles. The van der Waals surface area contributed by atoms with E-state index in [0.717, 1.165) is 16.9 Å². The summed E-state index contributed by atoms with van der Waals surface area (Å²) in [7, 11) is 0. The van der Waals surface area contributed by atoms with Crippen LogP contribution < -0.4 is 4.74 Å². The molecular weight excluding hydrogens is 218 g/mol. The highest BCUT2D eigenvalue weighted by Crippen LogP contribution is 2.23. The number of hydrogen-bond acceptors (Lipinski definition) is 4. The van der Waals surface area contributed by atoms with E-state index < -0.39 is 6.10 Å². The van der Waals surface area contributed by atoms with E-state index in [2.05, 4.69) is 5.16 Å². The van der Waals surface area contributed by atoms with Crippen LogP contribution in [-0.4, -0.2) is 10.3 Å². The number of aliphatic hydroxyl groups excluding tert-OH is 1. The molecule has 17 heavy (non-hydrogen) atoms. The number of nitrogens with zero attached hydrogens (tertiary/aromatic N) is 1. The van der Waals surface area contributed by atoms with Gasteiger partial charge >= 0.3 is 0 Å². The SMILES string of the molecule is Cc1cc(C(C)O)ccc1OCc1ccno1. The van der Waals surface area contributed by atoms with Crippen LogP contribution in [0.4, 0.5) is 0 Å². The minimum Gasteiger partial charge on any atom is -0.485 e. The van der Waals surface area contributed by atoms with Gasteiger partial charge in [-0.3, -0.25) is 0 Å². The van der Waals surface area contributed by atoms with Crippen molar-refractivity contribution in [3.8, 4) is 5.75 Å². The molecule has 1 aromatic heterocycles. The third kappa shape index (κ3) is 2.85. The first-order valence-electron chi connectivity index (χ1n) is 5.48. The van der Waals surface area contributed by atoms with Crippen molar-refractivity contribution in [3.05, 3.63) is 47.3 Å². The van der Waals surface area contributed by atoms with Gasteiger partial charge in [-0.25, -0.2) is 0 Å². The molecule has 0 aliphatic heterocycles. The van der Waals surface area contributed by atoms with Gasteiger partial charge in [-0.2, -0.15) is 0 Å². The fraction of sp³-hybridized carbons (Fsp3) is 0.308. The Hall–Kier alpha value is -1.81. The first-order valence-corrected chi connectivity index (χ1v) is 5.48. The number of aliphatic hydroxyl groups is 1. The van der Waals surface area contributed by atoms with Gasteiger partial charge in [0.2, 0.25) is 0 Å². The molecule has 4 nitrogen and oxygen atoms in total. The third-order valence-electron chi connectivity index (χ3n) is 2.54. The van der Waals surface area contributed by atoms with E-state index in [1.54, 1.807) is 19.2 Å². The lowest BCUT2D eigenvalue weighted by Crippen LogP contribution is -1.98. The summed E-state index contributed by atoms with van der Waals surface area (Å²) < 4.78 is 10.5. The van der Waals surface area contributed by atoms with E-state index in [1.165, 1.54) is 0 Å². The van der Waals surface area contributed by atoms with E-state index in [4.69, 9.17) is 9.26 Å². The molecule has 0 aliphatic carbocycles. The molecule has 4 heteroatoms. The van der Waals surface area contributed by atoms with Gasteiger partial charge in [0.1, 0.15) is 12.4 Å². The molecule has 0 radical (unpaired) electrons. The number of aryl methyl sites for hydroxylation is 1. The number of benzene rings is 1. The van der Waals surface area contributed by atoms with Crippen LogP contribution in [0, 0.1) is 6.92 Å². The Morgan fingerprint density at radius 1 is 1.41 bits per heavy atom. The van der Waals surface area contributed by atoms with E-state index >= 15 is 0 Å². The van der Waals surface area contributed by atoms with E-state index in [9.17, 15) is 5.11 Å². The second-order valence-electron chi connectivity index (χ2n) is 3.97. The number of rotatable bonds is 4. The third-order valence-corrected chi connectivity index (χ3v) is 2.54. The molecule has 0 amide bonds. The van der Waals surface area contributed by atoms with Gasteiger partial charge in [0.05, 0.1) is 12.3 Å². The normalized spacial score (nSPS) is 12.4. The maximum atomic E-state index is 9.46. The highest BCUT2D eigenvalue weighted by Gasteiger charge is 2.06. The van der Waals surface area contributed by atoms with Crippen molar-refractivity contribution in [1.82, 2.24) is 5.16 Å². The van der Waals surface area contributed by atoms with Crippen molar-refractivity contribution in [3.63, 3.8) is 0 Å². The predicted molar refractivity (Wildman–Crippen MR) is 62.6 cm³/mol. The van der Waals surface area contributed by atoms with Gasteiger partial charge in [-0.15, -0.1) is 0 Å². The van der Waals surface area contributed by atoms with Crippen molar-refractivity contribution < 1.29 is 14.4 Å². The van der Waals surface area contributed by atoms with Crippen LogP contribution in [0.25, 0.3) is 0 Å². The van der Waals surface area contributed by atoms with Crippen molar-refractivity contribution in [2.24, 2.45) is 0 Å². The minimum absolute atomic E-state index is 0.356. The van der Waals surface area contributed by atoms with Crippen LogP contribution in [0.1, 0.15) is 29.9 Å². The number of aromatic nitrogens is 1. The molecule has 90 valence electrons. The second-order valence-corrected chi connectivity index (χ2v) is 3.97. The fourth-order valence-corrected chi connectivity index (χ4v) is 1.56. The van der Waals surface area contributed by atoms with Crippen molar-refractivity contribution in [2.75, 3.05) is 0 Å².